The number of thiophene rings is 1. The molecule has 6 nitrogen and oxygen atoms in total. The van der Waals surface area contributed by atoms with E-state index in [4.69, 9.17) is 0 Å². The highest BCUT2D eigenvalue weighted by Crippen LogP contribution is 2.24. The molecule has 0 spiro atoms. The maximum absolute atomic E-state index is 13.7. The Bertz CT molecular complexity index is 936. The van der Waals surface area contributed by atoms with Crippen LogP contribution in [0.3, 0.4) is 0 Å². The lowest BCUT2D eigenvalue weighted by molar-refractivity contribution is -0.136. The molecule has 0 saturated carbocycles. The van der Waals surface area contributed by atoms with Gasteiger partial charge in [-0.1, -0.05) is 6.07 Å². The number of likely N-dealkylation sites (N-methyl/N-ethyl adjacent to an activating group) is 1. The third kappa shape index (κ3) is 4.42. The summed E-state index contributed by atoms with van der Waals surface area (Å²) in [4.78, 5) is 40.6. The Morgan fingerprint density at radius 3 is 2.66 bits per heavy atom. The SMILES string of the molecule is CN(CC(=O)Nc1ccc(F)c(F)c1F)C(=O)[C@@H]1CCCN1C(=O)c1cccs1. The minimum absolute atomic E-state index is 0.238. The molecular weight excluding hydrogens is 407 g/mol. The molecule has 1 fully saturated rings. The van der Waals surface area contributed by atoms with Crippen LogP contribution in [0.25, 0.3) is 0 Å². The van der Waals surface area contributed by atoms with Gasteiger partial charge in [0.25, 0.3) is 5.91 Å². The molecule has 29 heavy (non-hydrogen) atoms. The van der Waals surface area contributed by atoms with Gasteiger partial charge in [-0.05, 0) is 36.4 Å². The average molecular weight is 425 g/mol. The predicted octanol–water partition coefficient (Wildman–Crippen LogP) is 2.87. The zero-order valence-corrected chi connectivity index (χ0v) is 16.3. The van der Waals surface area contributed by atoms with Crippen LogP contribution in [0, 0.1) is 17.5 Å². The molecule has 10 heteroatoms. The van der Waals surface area contributed by atoms with Gasteiger partial charge in [-0.25, -0.2) is 13.2 Å². The first-order valence-electron chi connectivity index (χ1n) is 8.82. The fourth-order valence-corrected chi connectivity index (χ4v) is 3.85. The number of rotatable bonds is 5. The normalized spacial score (nSPS) is 16.0. The Morgan fingerprint density at radius 1 is 1.21 bits per heavy atom. The van der Waals surface area contributed by atoms with Gasteiger partial charge < -0.3 is 15.1 Å². The van der Waals surface area contributed by atoms with Crippen LogP contribution in [-0.4, -0.2) is 53.7 Å². The van der Waals surface area contributed by atoms with E-state index in [2.05, 4.69) is 5.32 Å². The summed E-state index contributed by atoms with van der Waals surface area (Å²) in [6, 6.07) is 4.32. The second kappa shape index (κ2) is 8.64. The Morgan fingerprint density at radius 2 is 1.97 bits per heavy atom. The van der Waals surface area contributed by atoms with Crippen LogP contribution in [0.2, 0.25) is 0 Å². The van der Waals surface area contributed by atoms with Crippen LogP contribution in [-0.2, 0) is 9.59 Å². The lowest BCUT2D eigenvalue weighted by Gasteiger charge is -2.27. The van der Waals surface area contributed by atoms with Gasteiger partial charge in [-0.3, -0.25) is 14.4 Å². The lowest BCUT2D eigenvalue weighted by Crippen LogP contribution is -2.48. The Kier molecular flexibility index (Phi) is 6.21. The molecule has 0 unspecified atom stereocenters. The second-order valence-electron chi connectivity index (χ2n) is 6.60. The van der Waals surface area contributed by atoms with Crippen molar-refractivity contribution in [1.29, 1.82) is 0 Å². The number of likely N-dealkylation sites (tertiary alicyclic amines) is 1. The molecule has 1 aliphatic rings. The minimum Gasteiger partial charge on any atom is -0.335 e. The summed E-state index contributed by atoms with van der Waals surface area (Å²) in [5, 5.41) is 3.89. The molecule has 2 heterocycles. The van der Waals surface area contributed by atoms with Crippen LogP contribution in [0.5, 0.6) is 0 Å². The molecule has 0 bridgehead atoms. The molecule has 2 aromatic rings. The number of amides is 3. The topological polar surface area (TPSA) is 69.7 Å². The highest BCUT2D eigenvalue weighted by molar-refractivity contribution is 7.12. The van der Waals surface area contributed by atoms with E-state index in [1.807, 2.05) is 0 Å². The smallest absolute Gasteiger partial charge is 0.264 e. The number of hydrogen-bond donors (Lipinski definition) is 1. The number of nitrogens with one attached hydrogen (secondary N) is 1. The van der Waals surface area contributed by atoms with Gasteiger partial charge in [0.05, 0.1) is 17.1 Å². The Labute approximate surface area is 168 Å². The van der Waals surface area contributed by atoms with E-state index in [1.54, 1.807) is 17.5 Å². The van der Waals surface area contributed by atoms with Gasteiger partial charge in [0.1, 0.15) is 6.04 Å². The van der Waals surface area contributed by atoms with Gasteiger partial charge in [0, 0.05) is 13.6 Å². The molecule has 3 amide bonds. The number of benzene rings is 1. The van der Waals surface area contributed by atoms with Crippen LogP contribution in [0.1, 0.15) is 22.5 Å². The van der Waals surface area contributed by atoms with E-state index in [0.29, 0.717) is 30.3 Å². The predicted molar refractivity (Wildman–Crippen MR) is 101 cm³/mol. The third-order valence-electron chi connectivity index (χ3n) is 4.60. The van der Waals surface area contributed by atoms with E-state index in [9.17, 15) is 27.6 Å². The van der Waals surface area contributed by atoms with Gasteiger partial charge in [-0.2, -0.15) is 0 Å². The van der Waals surface area contributed by atoms with Gasteiger partial charge in [0.2, 0.25) is 11.8 Å². The summed E-state index contributed by atoms with van der Waals surface area (Å²) in [7, 11) is 1.38. The number of nitrogens with zero attached hydrogens (tertiary/aromatic N) is 2. The maximum Gasteiger partial charge on any atom is 0.264 e. The van der Waals surface area contributed by atoms with E-state index in [-0.39, 0.29) is 5.91 Å². The van der Waals surface area contributed by atoms with Gasteiger partial charge >= 0.3 is 0 Å². The standard InChI is InChI=1S/C19H18F3N3O3S/c1-24(10-15(26)23-12-7-6-11(20)16(21)17(12)22)18(27)13-4-2-8-25(13)19(28)14-5-3-9-29-14/h3,5-7,9,13H,2,4,8,10H2,1H3,(H,23,26)/t13-/m0/s1. The number of carbonyl (C=O) groups excluding carboxylic acids is 3. The zero-order valence-electron chi connectivity index (χ0n) is 15.5. The minimum atomic E-state index is -1.69. The van der Waals surface area contributed by atoms with Crippen molar-refractivity contribution in [3.05, 3.63) is 52.0 Å². The highest BCUT2D eigenvalue weighted by Gasteiger charge is 2.36. The number of anilines is 1. The van der Waals surface area contributed by atoms with Crippen molar-refractivity contribution in [2.45, 2.75) is 18.9 Å². The van der Waals surface area contributed by atoms with Gasteiger partial charge in [-0.15, -0.1) is 11.3 Å². The van der Waals surface area contributed by atoms with E-state index in [0.717, 1.165) is 11.0 Å². The molecule has 154 valence electrons. The number of carbonyl (C=O) groups is 3. The molecular formula is C19H18F3N3O3S. The summed E-state index contributed by atoms with van der Waals surface area (Å²) in [6.07, 6.45) is 1.13. The van der Waals surface area contributed by atoms with Crippen molar-refractivity contribution >= 4 is 34.7 Å². The summed E-state index contributed by atoms with van der Waals surface area (Å²) < 4.78 is 39.9. The number of halogens is 3. The van der Waals surface area contributed by atoms with Crippen LogP contribution < -0.4 is 5.32 Å². The maximum atomic E-state index is 13.7. The molecule has 3 rings (SSSR count). The van der Waals surface area contributed by atoms with Crippen molar-refractivity contribution in [2.75, 3.05) is 25.5 Å². The molecule has 1 saturated heterocycles. The number of hydrogen-bond acceptors (Lipinski definition) is 4. The zero-order chi connectivity index (χ0) is 21.1. The van der Waals surface area contributed by atoms with Crippen LogP contribution in [0.4, 0.5) is 18.9 Å². The molecule has 1 aliphatic heterocycles. The Balaban J connectivity index is 1.63. The van der Waals surface area contributed by atoms with Gasteiger partial charge in [0.15, 0.2) is 17.5 Å². The third-order valence-corrected chi connectivity index (χ3v) is 5.45. The first kappa shape index (κ1) is 20.8. The highest BCUT2D eigenvalue weighted by atomic mass is 32.1. The Hall–Kier alpha value is -2.88. The molecule has 0 radical (unpaired) electrons. The first-order chi connectivity index (χ1) is 13.8. The van der Waals surface area contributed by atoms with Crippen LogP contribution >= 0.6 is 11.3 Å². The fourth-order valence-electron chi connectivity index (χ4n) is 3.17. The van der Waals surface area contributed by atoms with Crippen molar-refractivity contribution in [2.24, 2.45) is 0 Å². The van der Waals surface area contributed by atoms with E-state index >= 15 is 0 Å². The molecule has 0 aliphatic carbocycles. The van der Waals surface area contributed by atoms with Crippen molar-refractivity contribution < 1.29 is 27.6 Å². The van der Waals surface area contributed by atoms with E-state index < -0.39 is 47.5 Å². The monoisotopic (exact) mass is 425 g/mol. The van der Waals surface area contributed by atoms with Crippen molar-refractivity contribution in [3.63, 3.8) is 0 Å². The molecule has 1 N–H and O–H groups in total. The van der Waals surface area contributed by atoms with Crippen LogP contribution in [0.15, 0.2) is 29.6 Å². The summed E-state index contributed by atoms with van der Waals surface area (Å²) in [5.74, 6) is -6.02. The largest absolute Gasteiger partial charge is 0.335 e. The van der Waals surface area contributed by atoms with Crippen molar-refractivity contribution in [1.82, 2.24) is 9.80 Å². The van der Waals surface area contributed by atoms with Crippen molar-refractivity contribution in [3.8, 4) is 0 Å². The molecule has 1 aromatic carbocycles. The molecule has 1 atom stereocenters. The summed E-state index contributed by atoms with van der Waals surface area (Å²) in [6.45, 7) is 0.00203. The average Bonchev–Trinajstić information content (AvgIpc) is 3.39. The lowest BCUT2D eigenvalue weighted by atomic mass is 10.2. The quantitative estimate of drug-likeness (QED) is 0.749. The first-order valence-corrected chi connectivity index (χ1v) is 9.70. The molecule has 1 aromatic heterocycles. The summed E-state index contributed by atoms with van der Waals surface area (Å²) >= 11 is 1.28. The second-order valence-corrected chi connectivity index (χ2v) is 7.55. The van der Waals surface area contributed by atoms with E-state index in [1.165, 1.54) is 23.3 Å². The fraction of sp³-hybridized carbons (Fsp3) is 0.316. The summed E-state index contributed by atoms with van der Waals surface area (Å²) in [5.41, 5.74) is -0.523.